The number of carbonyl (C=O) groups excluding carboxylic acids is 6. The van der Waals surface area contributed by atoms with E-state index in [4.69, 9.17) is 61.7 Å². The largest absolute Gasteiger partial charge is 0.382 e. The molecule has 0 atom stereocenters. The summed E-state index contributed by atoms with van der Waals surface area (Å²) in [5.41, 5.74) is 1.98. The highest BCUT2D eigenvalue weighted by Gasteiger charge is 2.53. The topological polar surface area (TPSA) is 330 Å². The predicted octanol–water partition coefficient (Wildman–Crippen LogP) is 2.27. The second-order valence-electron chi connectivity index (χ2n) is 19.3. The van der Waals surface area contributed by atoms with Crippen LogP contribution in [0.25, 0.3) is 16.9 Å². The van der Waals surface area contributed by atoms with Gasteiger partial charge in [0.1, 0.15) is 17.6 Å². The van der Waals surface area contributed by atoms with Gasteiger partial charge >= 0.3 is 18.0 Å². The first-order valence-corrected chi connectivity index (χ1v) is 29.1. The molecule has 2 aromatic carbocycles. The molecule has 3 aliphatic heterocycles. The van der Waals surface area contributed by atoms with E-state index in [1.165, 1.54) is 11.0 Å². The van der Waals surface area contributed by atoms with E-state index >= 15 is 0 Å². The number of hydroxylamine groups is 2. The van der Waals surface area contributed by atoms with Crippen LogP contribution >= 0.6 is 0 Å². The molecule has 0 bridgehead atoms. The number of hydrogen-bond donors (Lipinski definition) is 2. The molecule has 0 radical (unpaired) electrons. The molecule has 7 amide bonds. The lowest BCUT2D eigenvalue weighted by molar-refractivity contribution is -0.198. The van der Waals surface area contributed by atoms with E-state index in [-0.39, 0.29) is 63.7 Å². The number of aromatic nitrogens is 7. The van der Waals surface area contributed by atoms with Crippen LogP contribution in [0.2, 0.25) is 0 Å². The summed E-state index contributed by atoms with van der Waals surface area (Å²) in [7, 11) is 1.63. The number of benzene rings is 2. The maximum absolute atomic E-state index is 13.6. The smallest absolute Gasteiger partial charge is 0.335 e. The van der Waals surface area contributed by atoms with Crippen molar-refractivity contribution in [3.8, 4) is 16.9 Å². The first-order chi connectivity index (χ1) is 42.6. The normalized spacial score (nSPS) is 14.7. The fourth-order valence-electron chi connectivity index (χ4n) is 8.43. The Hall–Kier alpha value is -7.01. The Morgan fingerprint density at radius 2 is 1.13 bits per heavy atom. The third kappa shape index (κ3) is 24.9. The first kappa shape index (κ1) is 69.1. The van der Waals surface area contributed by atoms with Crippen molar-refractivity contribution in [2.75, 3.05) is 182 Å². The van der Waals surface area contributed by atoms with Crippen molar-refractivity contribution < 1.29 is 90.4 Å². The average molecular weight is 1230 g/mol. The molecule has 0 unspecified atom stereocenters. The third-order valence-electron chi connectivity index (χ3n) is 13.0. The summed E-state index contributed by atoms with van der Waals surface area (Å²) >= 11 is 0. The van der Waals surface area contributed by atoms with Crippen molar-refractivity contribution in [2.45, 2.75) is 57.5 Å². The monoisotopic (exact) mass is 1230 g/mol. The highest BCUT2D eigenvalue weighted by molar-refractivity contribution is 6.23. The van der Waals surface area contributed by atoms with Gasteiger partial charge in [0.25, 0.3) is 17.7 Å². The zero-order valence-corrected chi connectivity index (χ0v) is 49.6. The second-order valence-corrected chi connectivity index (χ2v) is 19.3. The number of nitrogens with one attached hydrogen (secondary N) is 2. The molecule has 480 valence electrons. The molecular weight excluding hydrogens is 1140 g/mol. The van der Waals surface area contributed by atoms with E-state index in [0.717, 1.165) is 23.5 Å². The Bertz CT molecular complexity index is 2630. The molecule has 5 heterocycles. The molecule has 4 aromatic rings. The molecule has 3 aliphatic rings. The summed E-state index contributed by atoms with van der Waals surface area (Å²) in [4.78, 5) is 81.7. The number of amides is 7. The van der Waals surface area contributed by atoms with E-state index < -0.39 is 29.4 Å². The van der Waals surface area contributed by atoms with E-state index in [1.807, 2.05) is 24.4 Å². The maximum Gasteiger partial charge on any atom is 0.335 e. The van der Waals surface area contributed by atoms with Crippen LogP contribution in [0.3, 0.4) is 0 Å². The fourth-order valence-corrected chi connectivity index (χ4v) is 8.43. The van der Waals surface area contributed by atoms with Crippen molar-refractivity contribution in [2.24, 2.45) is 0 Å². The van der Waals surface area contributed by atoms with Crippen molar-refractivity contribution in [3.05, 3.63) is 61.1 Å². The molecule has 0 aliphatic carbocycles. The average Bonchev–Trinajstić information content (AvgIpc) is 1.72. The molecule has 3 fully saturated rings. The standard InChI is InChI=1S/C32H39N11O6.C24H43NO13/c1-2-14-47-16-18-49-19-17-48-15-13-41-22-28(36-38-41)24-5-3-6-25(20-24)34-30(45)40-11-9-32(10-12-40)29(44)43(31(46)35-32)27-8-4-7-26(21-27)42-23-33-37-39-42;1-29-6-7-31-10-11-33-14-15-35-18-19-37-21-20-36-17-16-34-13-12-32-9-8-30-5-4-24(28)38-25-22(26)2-3-23(25)27/h3-8,20-23H,2,9-19H2,1H3,(H,34,45)(H,35,46);2-21H2,1H3. The van der Waals surface area contributed by atoms with Crippen LogP contribution < -0.4 is 15.5 Å². The Morgan fingerprint density at radius 1 is 0.609 bits per heavy atom. The molecule has 31 nitrogen and oxygen atoms in total. The van der Waals surface area contributed by atoms with Gasteiger partial charge in [-0.2, -0.15) is 0 Å². The molecule has 7 rings (SSSR count). The lowest BCUT2D eigenvalue weighted by atomic mass is 9.87. The Balaban J connectivity index is 0.000000289. The summed E-state index contributed by atoms with van der Waals surface area (Å²) in [6.45, 7) is 14.2. The van der Waals surface area contributed by atoms with Gasteiger partial charge in [-0.1, -0.05) is 30.3 Å². The summed E-state index contributed by atoms with van der Waals surface area (Å²) in [5, 5.41) is 26.0. The molecule has 0 saturated carbocycles. The van der Waals surface area contributed by atoms with Gasteiger partial charge in [-0.05, 0) is 60.0 Å². The molecule has 3 saturated heterocycles. The number of piperidine rings is 1. The fraction of sp³-hybridized carbons (Fsp3) is 0.625. The quantitative estimate of drug-likeness (QED) is 0.0365. The molecule has 1 spiro atoms. The number of hydrogen-bond acceptors (Lipinski definition) is 24. The zero-order valence-electron chi connectivity index (χ0n) is 49.6. The van der Waals surface area contributed by atoms with Crippen LogP contribution in [0.15, 0.2) is 61.1 Å². The maximum atomic E-state index is 13.6. The Morgan fingerprint density at radius 3 is 1.67 bits per heavy atom. The second kappa shape index (κ2) is 40.4. The highest BCUT2D eigenvalue weighted by Crippen LogP contribution is 2.33. The number of tetrazole rings is 1. The molecular formula is C56H82N12O19. The number of methoxy groups -OCH3 is 1. The Kier molecular flexibility index (Phi) is 32.1. The van der Waals surface area contributed by atoms with Crippen LogP contribution in [0.4, 0.5) is 21.0 Å². The number of anilines is 2. The summed E-state index contributed by atoms with van der Waals surface area (Å²) < 4.78 is 67.4. The number of imide groups is 2. The number of carbonyl (C=O) groups is 6. The number of urea groups is 2. The van der Waals surface area contributed by atoms with Crippen LogP contribution in [0.5, 0.6) is 0 Å². The minimum absolute atomic E-state index is 0.0635. The summed E-state index contributed by atoms with van der Waals surface area (Å²) in [6.07, 6.45) is 4.87. The number of rotatable bonds is 43. The minimum Gasteiger partial charge on any atom is -0.382 e. The van der Waals surface area contributed by atoms with Gasteiger partial charge in [0.05, 0.1) is 176 Å². The van der Waals surface area contributed by atoms with Crippen molar-refractivity contribution in [1.29, 1.82) is 0 Å². The Labute approximate surface area is 504 Å². The minimum atomic E-state index is -1.09. The van der Waals surface area contributed by atoms with E-state index in [9.17, 15) is 28.8 Å². The number of nitrogens with zero attached hydrogens (tertiary/aromatic N) is 10. The van der Waals surface area contributed by atoms with Crippen molar-refractivity contribution >= 4 is 47.1 Å². The van der Waals surface area contributed by atoms with Gasteiger partial charge in [-0.15, -0.1) is 15.3 Å². The zero-order chi connectivity index (χ0) is 61.6. The van der Waals surface area contributed by atoms with Gasteiger partial charge in [-0.3, -0.25) is 14.4 Å². The first-order valence-electron chi connectivity index (χ1n) is 29.1. The van der Waals surface area contributed by atoms with Gasteiger partial charge in [0, 0.05) is 50.9 Å². The lowest BCUT2D eigenvalue weighted by Crippen LogP contribution is -2.56. The van der Waals surface area contributed by atoms with Gasteiger partial charge in [0.2, 0.25) is 0 Å². The molecule has 87 heavy (non-hydrogen) atoms. The SMILES string of the molecule is CCCOCCOCCOCCn1cc(-c2cccc(NC(=O)N3CCC4(CC3)NC(=O)N(c3cccc(-n5cnnn5)c3)C4=O)c2)nn1.COCCOCCOCCOCCOCCOCCOCCOCCOCCC(=O)ON1C(=O)CCC1=O. The summed E-state index contributed by atoms with van der Waals surface area (Å²) in [6, 6.07) is 13.4. The van der Waals surface area contributed by atoms with Gasteiger partial charge in [0.15, 0.2) is 0 Å². The third-order valence-corrected chi connectivity index (χ3v) is 13.0. The van der Waals surface area contributed by atoms with Crippen LogP contribution in [-0.4, -0.2) is 259 Å². The summed E-state index contributed by atoms with van der Waals surface area (Å²) in [5.74, 6) is -2.06. The molecule has 31 heteroatoms. The van der Waals surface area contributed by atoms with Gasteiger partial charge < -0.3 is 77.2 Å². The van der Waals surface area contributed by atoms with Crippen LogP contribution in [0, 0.1) is 0 Å². The van der Waals surface area contributed by atoms with Crippen LogP contribution in [0.1, 0.15) is 45.4 Å². The van der Waals surface area contributed by atoms with Crippen molar-refractivity contribution in [3.63, 3.8) is 0 Å². The molecule has 2 aromatic heterocycles. The van der Waals surface area contributed by atoms with Crippen LogP contribution in [-0.2, 0) is 87.4 Å². The van der Waals surface area contributed by atoms with Crippen molar-refractivity contribution in [1.82, 2.24) is 50.5 Å². The lowest BCUT2D eigenvalue weighted by Gasteiger charge is -2.37. The molecule has 2 N–H and O–H groups in total. The predicted molar refractivity (Wildman–Crippen MR) is 306 cm³/mol. The van der Waals surface area contributed by atoms with E-state index in [1.54, 1.807) is 47.0 Å². The number of ether oxygens (including phenoxy) is 12. The van der Waals surface area contributed by atoms with E-state index in [2.05, 4.69) is 43.4 Å². The van der Waals surface area contributed by atoms with Gasteiger partial charge in [-0.25, -0.2) is 28.6 Å². The highest BCUT2D eigenvalue weighted by atomic mass is 16.7. The van der Waals surface area contributed by atoms with E-state index in [0.29, 0.717) is 173 Å². The number of likely N-dealkylation sites (tertiary alicyclic amines) is 1.